The lowest BCUT2D eigenvalue weighted by Gasteiger charge is -2.37. The van der Waals surface area contributed by atoms with Gasteiger partial charge in [0.2, 0.25) is 0 Å². The van der Waals surface area contributed by atoms with Crippen molar-refractivity contribution in [2.75, 3.05) is 13.1 Å². The number of piperidine rings is 1. The maximum Gasteiger partial charge on any atom is 0.0948 e. The molecule has 0 saturated carbocycles. The molecule has 0 amide bonds. The highest BCUT2D eigenvalue weighted by Gasteiger charge is 2.28. The number of hydrogen-bond donors (Lipinski definition) is 1. The summed E-state index contributed by atoms with van der Waals surface area (Å²) in [7, 11) is 0. The first-order chi connectivity index (χ1) is 10.8. The third-order valence-corrected chi connectivity index (χ3v) is 4.65. The SMILES string of the molecule is OC(c1ccccc1)C(Cc1ccccc1)N1CCCCC1. The third kappa shape index (κ3) is 3.76. The molecule has 3 rings (SSSR count). The van der Waals surface area contributed by atoms with E-state index >= 15 is 0 Å². The van der Waals surface area contributed by atoms with Crippen LogP contribution in [-0.2, 0) is 6.42 Å². The van der Waals surface area contributed by atoms with Gasteiger partial charge in [0, 0.05) is 6.04 Å². The minimum absolute atomic E-state index is 0.157. The molecule has 2 aromatic carbocycles. The Morgan fingerprint density at radius 2 is 1.41 bits per heavy atom. The smallest absolute Gasteiger partial charge is 0.0948 e. The first kappa shape index (κ1) is 15.3. The van der Waals surface area contributed by atoms with Gasteiger partial charge in [-0.05, 0) is 43.5 Å². The number of benzene rings is 2. The molecule has 0 aliphatic carbocycles. The molecular formula is C20H25NO. The molecule has 1 fully saturated rings. The summed E-state index contributed by atoms with van der Waals surface area (Å²) in [5.74, 6) is 0. The van der Waals surface area contributed by atoms with Gasteiger partial charge in [-0.2, -0.15) is 0 Å². The molecule has 1 aliphatic heterocycles. The van der Waals surface area contributed by atoms with Crippen LogP contribution < -0.4 is 0 Å². The van der Waals surface area contributed by atoms with Crippen LogP contribution in [0, 0.1) is 0 Å². The maximum absolute atomic E-state index is 11.0. The lowest BCUT2D eigenvalue weighted by atomic mass is 9.93. The molecule has 2 atom stereocenters. The fraction of sp³-hybridized carbons (Fsp3) is 0.400. The topological polar surface area (TPSA) is 23.5 Å². The summed E-state index contributed by atoms with van der Waals surface area (Å²) in [4.78, 5) is 2.48. The molecule has 0 bridgehead atoms. The molecule has 0 spiro atoms. The van der Waals surface area contributed by atoms with Crippen molar-refractivity contribution in [1.82, 2.24) is 4.90 Å². The van der Waals surface area contributed by atoms with Crippen LogP contribution in [0.1, 0.15) is 36.5 Å². The fourth-order valence-electron chi connectivity index (χ4n) is 3.42. The highest BCUT2D eigenvalue weighted by Crippen LogP contribution is 2.26. The van der Waals surface area contributed by atoms with Crippen LogP contribution in [0.5, 0.6) is 0 Å². The van der Waals surface area contributed by atoms with E-state index in [1.165, 1.54) is 24.8 Å². The van der Waals surface area contributed by atoms with Crippen molar-refractivity contribution in [2.24, 2.45) is 0 Å². The van der Waals surface area contributed by atoms with Crippen molar-refractivity contribution >= 4 is 0 Å². The quantitative estimate of drug-likeness (QED) is 0.906. The minimum Gasteiger partial charge on any atom is -0.387 e. The zero-order valence-electron chi connectivity index (χ0n) is 13.1. The van der Waals surface area contributed by atoms with Gasteiger partial charge in [-0.3, -0.25) is 4.90 Å². The monoisotopic (exact) mass is 295 g/mol. The van der Waals surface area contributed by atoms with E-state index in [2.05, 4.69) is 29.2 Å². The van der Waals surface area contributed by atoms with Crippen LogP contribution in [0.25, 0.3) is 0 Å². The number of hydrogen-bond acceptors (Lipinski definition) is 2. The van der Waals surface area contributed by atoms with Crippen molar-refractivity contribution in [3.05, 3.63) is 71.8 Å². The minimum atomic E-state index is -0.431. The largest absolute Gasteiger partial charge is 0.387 e. The van der Waals surface area contributed by atoms with Gasteiger partial charge < -0.3 is 5.11 Å². The highest BCUT2D eigenvalue weighted by molar-refractivity contribution is 5.22. The van der Waals surface area contributed by atoms with Crippen LogP contribution in [0.3, 0.4) is 0 Å². The van der Waals surface area contributed by atoms with Gasteiger partial charge in [-0.15, -0.1) is 0 Å². The average molecular weight is 295 g/mol. The molecule has 1 aliphatic rings. The molecule has 1 saturated heterocycles. The van der Waals surface area contributed by atoms with E-state index in [0.29, 0.717) is 0 Å². The van der Waals surface area contributed by atoms with E-state index in [1.807, 2.05) is 36.4 Å². The van der Waals surface area contributed by atoms with E-state index in [-0.39, 0.29) is 6.04 Å². The molecule has 0 aromatic heterocycles. The lowest BCUT2D eigenvalue weighted by molar-refractivity contribution is 0.0373. The zero-order chi connectivity index (χ0) is 15.2. The van der Waals surface area contributed by atoms with E-state index in [1.54, 1.807) is 0 Å². The van der Waals surface area contributed by atoms with Gasteiger partial charge in [0.1, 0.15) is 0 Å². The van der Waals surface area contributed by atoms with Gasteiger partial charge in [0.15, 0.2) is 0 Å². The van der Waals surface area contributed by atoms with Gasteiger partial charge >= 0.3 is 0 Å². The Morgan fingerprint density at radius 1 is 0.818 bits per heavy atom. The lowest BCUT2D eigenvalue weighted by Crippen LogP contribution is -2.44. The van der Waals surface area contributed by atoms with E-state index < -0.39 is 6.10 Å². The summed E-state index contributed by atoms with van der Waals surface area (Å²) in [6.07, 6.45) is 4.27. The van der Waals surface area contributed by atoms with E-state index in [0.717, 1.165) is 25.1 Å². The molecule has 22 heavy (non-hydrogen) atoms. The molecular weight excluding hydrogens is 270 g/mol. The molecule has 1 heterocycles. The number of aliphatic hydroxyl groups excluding tert-OH is 1. The summed E-state index contributed by atoms with van der Waals surface area (Å²) in [6, 6.07) is 20.8. The predicted octanol–water partition coefficient (Wildman–Crippen LogP) is 3.82. The van der Waals surface area contributed by atoms with E-state index in [4.69, 9.17) is 0 Å². The average Bonchev–Trinajstić information content (AvgIpc) is 2.61. The molecule has 2 aromatic rings. The fourth-order valence-corrected chi connectivity index (χ4v) is 3.42. The van der Waals surface area contributed by atoms with Crippen molar-refractivity contribution in [3.8, 4) is 0 Å². The Kier molecular flexibility index (Phi) is 5.25. The predicted molar refractivity (Wildman–Crippen MR) is 90.8 cm³/mol. The number of rotatable bonds is 5. The molecule has 2 unspecified atom stereocenters. The Labute approximate surface area is 133 Å². The Hall–Kier alpha value is -1.64. The number of aliphatic hydroxyl groups is 1. The van der Waals surface area contributed by atoms with Crippen molar-refractivity contribution in [2.45, 2.75) is 37.8 Å². The van der Waals surface area contributed by atoms with E-state index in [9.17, 15) is 5.11 Å². The van der Waals surface area contributed by atoms with Crippen LogP contribution >= 0.6 is 0 Å². The zero-order valence-corrected chi connectivity index (χ0v) is 13.1. The maximum atomic E-state index is 11.0. The van der Waals surface area contributed by atoms with Crippen LogP contribution in [-0.4, -0.2) is 29.1 Å². The second-order valence-corrected chi connectivity index (χ2v) is 6.21. The molecule has 1 N–H and O–H groups in total. The number of nitrogens with zero attached hydrogens (tertiary/aromatic N) is 1. The van der Waals surface area contributed by atoms with Crippen molar-refractivity contribution in [1.29, 1.82) is 0 Å². The van der Waals surface area contributed by atoms with Crippen LogP contribution in [0.2, 0.25) is 0 Å². The van der Waals surface area contributed by atoms with Gasteiger partial charge in [-0.1, -0.05) is 67.1 Å². The molecule has 2 nitrogen and oxygen atoms in total. The molecule has 116 valence electrons. The standard InChI is InChI=1S/C20H25NO/c22-20(18-12-6-2-7-13-18)19(21-14-8-3-9-15-21)16-17-10-4-1-5-11-17/h1-2,4-7,10-13,19-20,22H,3,8-9,14-16H2. The summed E-state index contributed by atoms with van der Waals surface area (Å²) >= 11 is 0. The summed E-state index contributed by atoms with van der Waals surface area (Å²) < 4.78 is 0. The Morgan fingerprint density at radius 3 is 2.05 bits per heavy atom. The summed E-state index contributed by atoms with van der Waals surface area (Å²) in [5, 5.41) is 11.0. The normalized spacial score (nSPS) is 18.8. The second-order valence-electron chi connectivity index (χ2n) is 6.21. The van der Waals surface area contributed by atoms with Crippen molar-refractivity contribution in [3.63, 3.8) is 0 Å². The molecule has 0 radical (unpaired) electrons. The van der Waals surface area contributed by atoms with Gasteiger partial charge in [-0.25, -0.2) is 0 Å². The first-order valence-corrected chi connectivity index (χ1v) is 8.35. The van der Waals surface area contributed by atoms with Crippen LogP contribution in [0.15, 0.2) is 60.7 Å². The Balaban J connectivity index is 1.81. The van der Waals surface area contributed by atoms with Crippen LogP contribution in [0.4, 0.5) is 0 Å². The summed E-state index contributed by atoms with van der Waals surface area (Å²) in [5.41, 5.74) is 2.32. The molecule has 2 heteroatoms. The first-order valence-electron chi connectivity index (χ1n) is 8.35. The van der Waals surface area contributed by atoms with Gasteiger partial charge in [0.05, 0.1) is 6.10 Å². The number of likely N-dealkylation sites (tertiary alicyclic amines) is 1. The van der Waals surface area contributed by atoms with Crippen molar-refractivity contribution < 1.29 is 5.11 Å². The third-order valence-electron chi connectivity index (χ3n) is 4.65. The highest BCUT2D eigenvalue weighted by atomic mass is 16.3. The summed E-state index contributed by atoms with van der Waals surface area (Å²) in [6.45, 7) is 2.20. The second kappa shape index (κ2) is 7.57. The Bertz CT molecular complexity index is 548. The van der Waals surface area contributed by atoms with Gasteiger partial charge in [0.25, 0.3) is 0 Å².